The van der Waals surface area contributed by atoms with Crippen LogP contribution in [-0.2, 0) is 11.3 Å². The molecule has 0 radical (unpaired) electrons. The van der Waals surface area contributed by atoms with Crippen molar-refractivity contribution in [3.05, 3.63) is 29.5 Å². The minimum atomic E-state index is -0.869. The molecule has 1 saturated carbocycles. The summed E-state index contributed by atoms with van der Waals surface area (Å²) in [5, 5.41) is 17.4. The monoisotopic (exact) mass is 386 g/mol. The standard InChI is InChI=1S/C20H26N4O4/c1-13-16(19(25)21-6-7-28-12-14-2-3-14)4-5-18-17(13)11-24(22-18)10-15-8-23(9-15)20(26)27/h4-5,11,14-15H,2-3,6-10,12H2,1H3,(H,21,25)(H,26,27). The molecule has 150 valence electrons. The first-order valence-electron chi connectivity index (χ1n) is 9.82. The van der Waals surface area contributed by atoms with Crippen molar-refractivity contribution in [1.82, 2.24) is 20.0 Å². The predicted molar refractivity (Wildman–Crippen MR) is 103 cm³/mol. The van der Waals surface area contributed by atoms with Crippen molar-refractivity contribution in [3.63, 3.8) is 0 Å². The van der Waals surface area contributed by atoms with Gasteiger partial charge in [0.1, 0.15) is 0 Å². The van der Waals surface area contributed by atoms with Crippen molar-refractivity contribution in [2.24, 2.45) is 11.8 Å². The summed E-state index contributed by atoms with van der Waals surface area (Å²) < 4.78 is 7.41. The third-order valence-electron chi connectivity index (χ3n) is 5.51. The molecule has 2 amide bonds. The SMILES string of the molecule is Cc1c(C(=O)NCCOCC2CC2)ccc2nn(CC3CN(C(=O)O)C3)cc12. The van der Waals surface area contributed by atoms with E-state index in [-0.39, 0.29) is 11.8 Å². The number of carbonyl (C=O) groups is 2. The fraction of sp³-hybridized carbons (Fsp3) is 0.550. The summed E-state index contributed by atoms with van der Waals surface area (Å²) in [5.74, 6) is 0.909. The third kappa shape index (κ3) is 4.11. The summed E-state index contributed by atoms with van der Waals surface area (Å²) in [6.07, 6.45) is 3.60. The highest BCUT2D eigenvalue weighted by Gasteiger charge is 2.30. The van der Waals surface area contributed by atoms with Crippen LogP contribution >= 0.6 is 0 Å². The van der Waals surface area contributed by atoms with Crippen LogP contribution in [0, 0.1) is 18.8 Å². The number of aromatic nitrogens is 2. The number of amides is 2. The van der Waals surface area contributed by atoms with E-state index in [0.29, 0.717) is 38.3 Å². The largest absolute Gasteiger partial charge is 0.465 e. The number of likely N-dealkylation sites (tertiary alicyclic amines) is 1. The van der Waals surface area contributed by atoms with Crippen LogP contribution in [0.5, 0.6) is 0 Å². The van der Waals surface area contributed by atoms with Crippen LogP contribution in [0.25, 0.3) is 10.9 Å². The van der Waals surface area contributed by atoms with Gasteiger partial charge in [0.15, 0.2) is 0 Å². The lowest BCUT2D eigenvalue weighted by Gasteiger charge is -2.36. The van der Waals surface area contributed by atoms with Crippen molar-refractivity contribution in [2.75, 3.05) is 32.8 Å². The normalized spacial score (nSPS) is 17.0. The number of ether oxygens (including phenoxy) is 1. The van der Waals surface area contributed by atoms with E-state index in [0.717, 1.165) is 29.0 Å². The average Bonchev–Trinajstić information content (AvgIpc) is 3.35. The molecule has 0 bridgehead atoms. The molecular weight excluding hydrogens is 360 g/mol. The van der Waals surface area contributed by atoms with Crippen LogP contribution < -0.4 is 5.32 Å². The maximum atomic E-state index is 12.5. The lowest BCUT2D eigenvalue weighted by atomic mass is 10.0. The molecule has 1 aromatic carbocycles. The van der Waals surface area contributed by atoms with Crippen molar-refractivity contribution in [1.29, 1.82) is 0 Å². The van der Waals surface area contributed by atoms with Crippen molar-refractivity contribution < 1.29 is 19.4 Å². The van der Waals surface area contributed by atoms with Gasteiger partial charge in [0, 0.05) is 55.9 Å². The molecule has 2 heterocycles. The quantitative estimate of drug-likeness (QED) is 0.678. The Kier molecular flexibility index (Phi) is 5.21. The zero-order valence-corrected chi connectivity index (χ0v) is 16.1. The summed E-state index contributed by atoms with van der Waals surface area (Å²) in [4.78, 5) is 24.8. The van der Waals surface area contributed by atoms with E-state index in [1.807, 2.05) is 29.9 Å². The second kappa shape index (κ2) is 7.79. The smallest absolute Gasteiger partial charge is 0.407 e. The molecule has 2 fully saturated rings. The van der Waals surface area contributed by atoms with Crippen molar-refractivity contribution in [3.8, 4) is 0 Å². The Morgan fingerprint density at radius 3 is 2.79 bits per heavy atom. The highest BCUT2D eigenvalue weighted by Crippen LogP contribution is 2.28. The molecule has 28 heavy (non-hydrogen) atoms. The summed E-state index contributed by atoms with van der Waals surface area (Å²) >= 11 is 0. The summed E-state index contributed by atoms with van der Waals surface area (Å²) in [6.45, 7) is 5.54. The predicted octanol–water partition coefficient (Wildman–Crippen LogP) is 2.11. The van der Waals surface area contributed by atoms with Crippen LogP contribution in [0.15, 0.2) is 18.3 Å². The van der Waals surface area contributed by atoms with Gasteiger partial charge in [-0.05, 0) is 43.4 Å². The van der Waals surface area contributed by atoms with Gasteiger partial charge in [-0.25, -0.2) is 4.79 Å². The number of carbonyl (C=O) groups excluding carboxylic acids is 1. The zero-order valence-electron chi connectivity index (χ0n) is 16.1. The number of carboxylic acid groups (broad SMARTS) is 1. The number of rotatable bonds is 8. The van der Waals surface area contributed by atoms with Crippen molar-refractivity contribution in [2.45, 2.75) is 26.3 Å². The highest BCUT2D eigenvalue weighted by atomic mass is 16.5. The number of benzene rings is 1. The Morgan fingerprint density at radius 1 is 1.29 bits per heavy atom. The fourth-order valence-corrected chi connectivity index (χ4v) is 3.59. The first kappa shape index (κ1) is 18.7. The molecule has 2 aromatic rings. The lowest BCUT2D eigenvalue weighted by Crippen LogP contribution is -2.50. The van der Waals surface area contributed by atoms with Gasteiger partial charge in [0.25, 0.3) is 5.91 Å². The molecule has 8 heteroatoms. The van der Waals surface area contributed by atoms with Crippen LogP contribution in [0.2, 0.25) is 0 Å². The van der Waals surface area contributed by atoms with Crippen LogP contribution in [-0.4, -0.2) is 64.6 Å². The molecule has 8 nitrogen and oxygen atoms in total. The van der Waals surface area contributed by atoms with Gasteiger partial charge in [0.2, 0.25) is 0 Å². The van der Waals surface area contributed by atoms with Crippen LogP contribution in [0.4, 0.5) is 4.79 Å². The second-order valence-corrected chi connectivity index (χ2v) is 7.85. The van der Waals surface area contributed by atoms with Gasteiger partial charge in [0.05, 0.1) is 12.1 Å². The first-order chi connectivity index (χ1) is 13.5. The Morgan fingerprint density at radius 2 is 2.07 bits per heavy atom. The molecule has 4 rings (SSSR count). The maximum absolute atomic E-state index is 12.5. The zero-order chi connectivity index (χ0) is 19.7. The van der Waals surface area contributed by atoms with Gasteiger partial charge in [-0.3, -0.25) is 9.48 Å². The summed E-state index contributed by atoms with van der Waals surface area (Å²) in [7, 11) is 0. The molecule has 1 aromatic heterocycles. The maximum Gasteiger partial charge on any atom is 0.407 e. The molecular formula is C20H26N4O4. The van der Waals surface area contributed by atoms with Gasteiger partial charge in [-0.15, -0.1) is 0 Å². The molecule has 0 unspecified atom stereocenters. The molecule has 1 aliphatic carbocycles. The number of nitrogens with zero attached hydrogens (tertiary/aromatic N) is 3. The van der Waals surface area contributed by atoms with Crippen molar-refractivity contribution >= 4 is 22.9 Å². The fourth-order valence-electron chi connectivity index (χ4n) is 3.59. The highest BCUT2D eigenvalue weighted by molar-refractivity contribution is 6.00. The Balaban J connectivity index is 1.34. The van der Waals surface area contributed by atoms with Crippen LogP contribution in [0.1, 0.15) is 28.8 Å². The van der Waals surface area contributed by atoms with E-state index >= 15 is 0 Å². The summed E-state index contributed by atoms with van der Waals surface area (Å²) in [5.41, 5.74) is 2.40. The van der Waals surface area contributed by atoms with Gasteiger partial charge in [-0.2, -0.15) is 5.10 Å². The number of fused-ring (bicyclic) bond motifs is 1. The first-order valence-corrected chi connectivity index (χ1v) is 9.82. The lowest BCUT2D eigenvalue weighted by molar-refractivity contribution is 0.0732. The second-order valence-electron chi connectivity index (χ2n) is 7.85. The van der Waals surface area contributed by atoms with E-state index in [1.54, 1.807) is 0 Å². The van der Waals surface area contributed by atoms with E-state index in [4.69, 9.17) is 9.84 Å². The van der Waals surface area contributed by atoms with Crippen LogP contribution in [0.3, 0.4) is 0 Å². The Hall–Kier alpha value is -2.61. The molecule has 0 spiro atoms. The average molecular weight is 386 g/mol. The topological polar surface area (TPSA) is 96.7 Å². The Labute approximate surface area is 163 Å². The summed E-state index contributed by atoms with van der Waals surface area (Å²) in [6, 6.07) is 3.67. The van der Waals surface area contributed by atoms with Gasteiger partial charge in [-0.1, -0.05) is 0 Å². The van der Waals surface area contributed by atoms with E-state index < -0.39 is 6.09 Å². The molecule has 1 saturated heterocycles. The van der Waals surface area contributed by atoms with E-state index in [2.05, 4.69) is 10.4 Å². The minimum Gasteiger partial charge on any atom is -0.465 e. The molecule has 2 aliphatic rings. The number of hydrogen-bond donors (Lipinski definition) is 2. The van der Waals surface area contributed by atoms with E-state index in [1.165, 1.54) is 17.7 Å². The molecule has 2 N–H and O–H groups in total. The number of hydrogen-bond acceptors (Lipinski definition) is 4. The third-order valence-corrected chi connectivity index (χ3v) is 5.51. The number of aryl methyl sites for hydroxylation is 1. The number of nitrogens with one attached hydrogen (secondary N) is 1. The molecule has 0 atom stereocenters. The minimum absolute atomic E-state index is 0.0988. The van der Waals surface area contributed by atoms with Gasteiger partial charge >= 0.3 is 6.09 Å². The Bertz CT molecular complexity index is 884. The molecule has 1 aliphatic heterocycles. The van der Waals surface area contributed by atoms with E-state index in [9.17, 15) is 9.59 Å². The van der Waals surface area contributed by atoms with Gasteiger partial charge < -0.3 is 20.1 Å².